The second-order valence-electron chi connectivity index (χ2n) is 10.7. The molecule has 0 unspecified atom stereocenters. The fraction of sp³-hybridized carbons (Fsp3) is 0.500. The molecule has 0 N–H and O–H groups in total. The average Bonchev–Trinajstić information content (AvgIpc) is 3.28. The fourth-order valence-electron chi connectivity index (χ4n) is 5.17. The quantitative estimate of drug-likeness (QED) is 0.184. The number of benzene rings is 2. The minimum Gasteiger partial charge on any atom is -0.400 e. The molecule has 182 valence electrons. The molecule has 0 aliphatic heterocycles. The fourth-order valence-corrected chi connectivity index (χ4v) is 9.86. The number of rotatable bonds is 11. The smallest absolute Gasteiger partial charge is 0.261 e. The second-order valence-corrected chi connectivity index (χ2v) is 14.9. The van der Waals surface area contributed by atoms with Crippen LogP contribution in [-0.4, -0.2) is 14.4 Å². The molecule has 1 aliphatic rings. The highest BCUT2D eigenvalue weighted by Crippen LogP contribution is 2.39. The van der Waals surface area contributed by atoms with Crippen LogP contribution in [0.15, 0.2) is 72.3 Å². The van der Waals surface area contributed by atoms with Crippen LogP contribution in [0.5, 0.6) is 0 Å². The standard InChI is InChI=1S/C32H44OSi/c1-5-6-7-8-9-10-11-12-15-21-28-22-20-27-31(28)33-34(32(2,3)4,29-23-16-13-17-24-29)30-25-18-14-19-26-30/h13-14,16-19,22-26,31H,5-12,20,27H2,1-4H3/t31-/m0/s1. The number of allylic oxidation sites excluding steroid dienone is 1. The summed E-state index contributed by atoms with van der Waals surface area (Å²) in [4.78, 5) is 0. The molecule has 2 aromatic carbocycles. The van der Waals surface area contributed by atoms with Crippen molar-refractivity contribution < 1.29 is 4.43 Å². The molecule has 0 aromatic heterocycles. The molecule has 3 rings (SSSR count). The van der Waals surface area contributed by atoms with Crippen molar-refractivity contribution in [2.75, 3.05) is 0 Å². The Kier molecular flexibility index (Phi) is 10.2. The summed E-state index contributed by atoms with van der Waals surface area (Å²) in [6.07, 6.45) is 14.8. The molecule has 0 saturated carbocycles. The molecule has 0 fully saturated rings. The van der Waals surface area contributed by atoms with Gasteiger partial charge in [-0.05, 0) is 34.7 Å². The molecular weight excluding hydrogens is 428 g/mol. The Morgan fingerprint density at radius 2 is 1.38 bits per heavy atom. The van der Waals surface area contributed by atoms with Gasteiger partial charge in [-0.25, -0.2) is 0 Å². The van der Waals surface area contributed by atoms with Crippen LogP contribution in [0.25, 0.3) is 0 Å². The molecule has 0 saturated heterocycles. The van der Waals surface area contributed by atoms with E-state index in [1.54, 1.807) is 0 Å². The predicted molar refractivity (Wildman–Crippen MR) is 150 cm³/mol. The Bertz CT molecular complexity index is 904. The first-order valence-corrected chi connectivity index (χ1v) is 15.4. The summed E-state index contributed by atoms with van der Waals surface area (Å²) in [7, 11) is -2.54. The van der Waals surface area contributed by atoms with Gasteiger partial charge in [0.15, 0.2) is 0 Å². The lowest BCUT2D eigenvalue weighted by molar-refractivity contribution is 0.226. The van der Waals surface area contributed by atoms with E-state index in [9.17, 15) is 0 Å². The zero-order valence-electron chi connectivity index (χ0n) is 21.9. The molecule has 0 radical (unpaired) electrons. The van der Waals surface area contributed by atoms with Crippen molar-refractivity contribution in [2.45, 2.75) is 103 Å². The molecule has 2 aromatic rings. The molecule has 1 nitrogen and oxygen atoms in total. The van der Waals surface area contributed by atoms with Crippen molar-refractivity contribution in [1.29, 1.82) is 0 Å². The minimum absolute atomic E-state index is 0.00535. The maximum atomic E-state index is 7.35. The number of hydrogen-bond acceptors (Lipinski definition) is 1. The summed E-state index contributed by atoms with van der Waals surface area (Å²) in [6.45, 7) is 9.33. The largest absolute Gasteiger partial charge is 0.400 e. The number of hydrogen-bond donors (Lipinski definition) is 0. The van der Waals surface area contributed by atoms with Gasteiger partial charge in [0.1, 0.15) is 0 Å². The lowest BCUT2D eigenvalue weighted by atomic mass is 10.1. The highest BCUT2D eigenvalue weighted by Gasteiger charge is 2.51. The van der Waals surface area contributed by atoms with E-state index in [1.807, 2.05) is 0 Å². The molecule has 2 heteroatoms. The van der Waals surface area contributed by atoms with Gasteiger partial charge in [-0.1, -0.05) is 145 Å². The van der Waals surface area contributed by atoms with Gasteiger partial charge in [-0.15, -0.1) is 0 Å². The van der Waals surface area contributed by atoms with Gasteiger partial charge in [0.2, 0.25) is 0 Å². The molecule has 0 amide bonds. The van der Waals surface area contributed by atoms with Gasteiger partial charge in [-0.3, -0.25) is 0 Å². The maximum Gasteiger partial charge on any atom is 0.261 e. The lowest BCUT2D eigenvalue weighted by Crippen LogP contribution is -2.67. The van der Waals surface area contributed by atoms with Crippen LogP contribution in [0, 0.1) is 11.8 Å². The van der Waals surface area contributed by atoms with Crippen LogP contribution in [0.2, 0.25) is 5.04 Å². The Morgan fingerprint density at radius 1 is 0.824 bits per heavy atom. The van der Waals surface area contributed by atoms with E-state index in [0.29, 0.717) is 0 Å². The first-order valence-electron chi connectivity index (χ1n) is 13.5. The van der Waals surface area contributed by atoms with Crippen molar-refractivity contribution in [3.8, 4) is 11.8 Å². The first kappa shape index (κ1) is 26.5. The van der Waals surface area contributed by atoms with Gasteiger partial charge >= 0.3 is 0 Å². The van der Waals surface area contributed by atoms with Gasteiger partial charge < -0.3 is 4.43 Å². The van der Waals surface area contributed by atoms with Crippen molar-refractivity contribution in [3.63, 3.8) is 0 Å². The summed E-state index contributed by atoms with van der Waals surface area (Å²) in [5, 5.41) is 2.68. The minimum atomic E-state index is -2.54. The summed E-state index contributed by atoms with van der Waals surface area (Å²) < 4.78 is 7.35. The zero-order valence-corrected chi connectivity index (χ0v) is 22.9. The molecular formula is C32H44OSi. The van der Waals surface area contributed by atoms with Crippen molar-refractivity contribution >= 4 is 18.7 Å². The third kappa shape index (κ3) is 6.74. The van der Waals surface area contributed by atoms with E-state index in [1.165, 1.54) is 60.9 Å². The van der Waals surface area contributed by atoms with Gasteiger partial charge in [0.05, 0.1) is 6.10 Å². The summed E-state index contributed by atoms with van der Waals surface area (Å²) in [6, 6.07) is 21.9. The molecule has 0 heterocycles. The highest BCUT2D eigenvalue weighted by molar-refractivity contribution is 6.99. The lowest BCUT2D eigenvalue weighted by Gasteiger charge is -2.44. The first-order chi connectivity index (χ1) is 16.5. The van der Waals surface area contributed by atoms with E-state index in [2.05, 4.69) is 106 Å². The molecule has 0 spiro atoms. The normalized spacial score (nSPS) is 16.1. The van der Waals surface area contributed by atoms with Crippen molar-refractivity contribution in [2.24, 2.45) is 0 Å². The van der Waals surface area contributed by atoms with Gasteiger partial charge in [0.25, 0.3) is 8.32 Å². The van der Waals surface area contributed by atoms with E-state index < -0.39 is 8.32 Å². The van der Waals surface area contributed by atoms with E-state index in [4.69, 9.17) is 4.43 Å². The Balaban J connectivity index is 1.75. The van der Waals surface area contributed by atoms with Crippen molar-refractivity contribution in [3.05, 3.63) is 72.3 Å². The van der Waals surface area contributed by atoms with Crippen molar-refractivity contribution in [1.82, 2.24) is 0 Å². The number of unbranched alkanes of at least 4 members (excludes halogenated alkanes) is 7. The third-order valence-electron chi connectivity index (χ3n) is 7.01. The monoisotopic (exact) mass is 472 g/mol. The molecule has 1 atom stereocenters. The topological polar surface area (TPSA) is 9.23 Å². The summed E-state index contributed by atoms with van der Waals surface area (Å²) in [5.74, 6) is 7.01. The predicted octanol–water partition coefficient (Wildman–Crippen LogP) is 7.80. The van der Waals surface area contributed by atoms with E-state index >= 15 is 0 Å². The molecule has 0 bridgehead atoms. The van der Waals surface area contributed by atoms with Crippen LogP contribution in [0.1, 0.15) is 91.9 Å². The Labute approximate surface area is 210 Å². The van der Waals surface area contributed by atoms with E-state index in [-0.39, 0.29) is 11.1 Å². The molecule has 34 heavy (non-hydrogen) atoms. The SMILES string of the molecule is CCCCCCCCCC#CC1=CCC[C@@H]1O[Si](c1ccccc1)(c1ccccc1)C(C)(C)C. The van der Waals surface area contributed by atoms with Crippen LogP contribution in [0.3, 0.4) is 0 Å². The third-order valence-corrected chi connectivity index (χ3v) is 12.1. The van der Waals surface area contributed by atoms with Crippen LogP contribution >= 0.6 is 0 Å². The zero-order chi connectivity index (χ0) is 24.3. The van der Waals surface area contributed by atoms with Crippen LogP contribution < -0.4 is 10.4 Å². The van der Waals surface area contributed by atoms with Gasteiger partial charge in [-0.2, -0.15) is 0 Å². The van der Waals surface area contributed by atoms with Crippen LogP contribution in [-0.2, 0) is 4.43 Å². The Morgan fingerprint density at radius 3 is 1.94 bits per heavy atom. The Hall–Kier alpha value is -2.08. The summed E-state index contributed by atoms with van der Waals surface area (Å²) >= 11 is 0. The average molecular weight is 473 g/mol. The highest BCUT2D eigenvalue weighted by atomic mass is 28.4. The summed E-state index contributed by atoms with van der Waals surface area (Å²) in [5.41, 5.74) is 1.20. The second kappa shape index (κ2) is 13.1. The van der Waals surface area contributed by atoms with Crippen LogP contribution in [0.4, 0.5) is 0 Å². The maximum absolute atomic E-state index is 7.35. The van der Waals surface area contributed by atoms with Gasteiger partial charge in [0, 0.05) is 12.0 Å². The van der Waals surface area contributed by atoms with E-state index in [0.717, 1.165) is 19.3 Å². The molecule has 1 aliphatic carbocycles.